The number of rotatable bonds is 6. The summed E-state index contributed by atoms with van der Waals surface area (Å²) in [5.74, 6) is 0.365. The van der Waals surface area contributed by atoms with E-state index in [9.17, 15) is 18.5 Å². The molecule has 0 aromatic heterocycles. The van der Waals surface area contributed by atoms with E-state index in [0.717, 1.165) is 5.56 Å². The summed E-state index contributed by atoms with van der Waals surface area (Å²) in [4.78, 5) is 10.7. The topological polar surface area (TPSA) is 105 Å². The number of nitro groups is 1. The van der Waals surface area contributed by atoms with E-state index < -0.39 is 21.3 Å². The van der Waals surface area contributed by atoms with Crippen molar-refractivity contribution >= 4 is 15.8 Å². The van der Waals surface area contributed by atoms with Gasteiger partial charge >= 0.3 is 0 Å². The van der Waals surface area contributed by atoms with Crippen LogP contribution in [0.2, 0.25) is 0 Å². The van der Waals surface area contributed by atoms with Crippen LogP contribution in [0.25, 0.3) is 0 Å². The average molecular weight is 391 g/mol. The van der Waals surface area contributed by atoms with Gasteiger partial charge in [0.15, 0.2) is 18.1 Å². The Morgan fingerprint density at radius 2 is 2.00 bits per heavy atom. The SMILES string of the molecule is C=CCc1c([N+](=O)[O-])ccc2c1O[C@H](OS(=O)(=O)c1ccc(C)cc1)CO2. The maximum absolute atomic E-state index is 12.4. The Kier molecular flexibility index (Phi) is 5.15. The van der Waals surface area contributed by atoms with Crippen molar-refractivity contribution in [3.05, 3.63) is 70.3 Å². The van der Waals surface area contributed by atoms with Gasteiger partial charge in [-0.2, -0.15) is 8.42 Å². The quantitative estimate of drug-likeness (QED) is 0.322. The van der Waals surface area contributed by atoms with Crippen molar-refractivity contribution in [2.75, 3.05) is 6.61 Å². The number of ether oxygens (including phenoxy) is 2. The molecule has 1 heterocycles. The summed E-state index contributed by atoms with van der Waals surface area (Å²) in [5, 5.41) is 11.3. The Bertz CT molecular complexity index is 984. The third-order valence-corrected chi connectivity index (χ3v) is 5.23. The van der Waals surface area contributed by atoms with Crippen LogP contribution >= 0.6 is 0 Å². The molecule has 0 amide bonds. The first-order valence-electron chi connectivity index (χ1n) is 8.02. The lowest BCUT2D eigenvalue weighted by Crippen LogP contribution is -2.34. The summed E-state index contributed by atoms with van der Waals surface area (Å²) in [7, 11) is -4.09. The summed E-state index contributed by atoms with van der Waals surface area (Å²) in [6.45, 7) is 5.24. The number of hydrogen-bond acceptors (Lipinski definition) is 7. The summed E-state index contributed by atoms with van der Waals surface area (Å²) >= 11 is 0. The smallest absolute Gasteiger partial charge is 0.300 e. The summed E-state index contributed by atoms with van der Waals surface area (Å²) in [6, 6.07) is 8.87. The van der Waals surface area contributed by atoms with Crippen LogP contribution in [0.5, 0.6) is 11.5 Å². The number of nitrogens with zero attached hydrogens (tertiary/aromatic N) is 1. The van der Waals surface area contributed by atoms with Crippen molar-refractivity contribution in [2.24, 2.45) is 0 Å². The lowest BCUT2D eigenvalue weighted by Gasteiger charge is -2.27. The molecule has 2 aromatic rings. The highest BCUT2D eigenvalue weighted by Gasteiger charge is 2.32. The van der Waals surface area contributed by atoms with Crippen molar-refractivity contribution in [1.82, 2.24) is 0 Å². The zero-order chi connectivity index (χ0) is 19.6. The highest BCUT2D eigenvalue weighted by Crippen LogP contribution is 2.41. The molecule has 3 rings (SSSR count). The predicted molar refractivity (Wildman–Crippen MR) is 96.4 cm³/mol. The Morgan fingerprint density at radius 3 is 2.63 bits per heavy atom. The second-order valence-electron chi connectivity index (χ2n) is 5.86. The van der Waals surface area contributed by atoms with Gasteiger partial charge in [0.1, 0.15) is 0 Å². The molecule has 1 aliphatic heterocycles. The fourth-order valence-electron chi connectivity index (χ4n) is 2.62. The molecule has 0 saturated carbocycles. The first kappa shape index (κ1) is 18.9. The van der Waals surface area contributed by atoms with E-state index in [2.05, 4.69) is 6.58 Å². The molecule has 0 radical (unpaired) electrons. The molecule has 27 heavy (non-hydrogen) atoms. The highest BCUT2D eigenvalue weighted by atomic mass is 32.2. The van der Waals surface area contributed by atoms with Crippen LogP contribution < -0.4 is 9.47 Å². The van der Waals surface area contributed by atoms with E-state index in [1.165, 1.54) is 30.3 Å². The average Bonchev–Trinajstić information content (AvgIpc) is 2.62. The minimum absolute atomic E-state index is 0.0205. The zero-order valence-electron chi connectivity index (χ0n) is 14.5. The minimum Gasteiger partial charge on any atom is -0.483 e. The van der Waals surface area contributed by atoms with E-state index >= 15 is 0 Å². The van der Waals surface area contributed by atoms with E-state index in [4.69, 9.17) is 13.7 Å². The third kappa shape index (κ3) is 3.93. The number of fused-ring (bicyclic) bond motifs is 1. The van der Waals surface area contributed by atoms with Crippen LogP contribution in [0, 0.1) is 17.0 Å². The van der Waals surface area contributed by atoms with Gasteiger partial charge in [-0.1, -0.05) is 23.8 Å². The predicted octanol–water partition coefficient (Wildman–Crippen LogP) is 3.13. The second kappa shape index (κ2) is 7.37. The molecule has 0 fully saturated rings. The Balaban J connectivity index is 1.89. The van der Waals surface area contributed by atoms with Crippen LogP contribution in [0.4, 0.5) is 5.69 Å². The Labute approximate surface area is 156 Å². The normalized spacial score (nSPS) is 16.0. The van der Waals surface area contributed by atoms with Crippen molar-refractivity contribution < 1.29 is 27.0 Å². The number of aryl methyl sites for hydroxylation is 1. The fraction of sp³-hybridized carbons (Fsp3) is 0.222. The van der Waals surface area contributed by atoms with Gasteiger partial charge in [0, 0.05) is 12.5 Å². The Hall–Kier alpha value is -2.91. The van der Waals surface area contributed by atoms with E-state index in [1.54, 1.807) is 12.1 Å². The molecule has 1 atom stereocenters. The molecule has 1 aliphatic rings. The van der Waals surface area contributed by atoms with Crippen molar-refractivity contribution in [3.63, 3.8) is 0 Å². The Morgan fingerprint density at radius 1 is 1.30 bits per heavy atom. The molecular weight excluding hydrogens is 374 g/mol. The summed E-state index contributed by atoms with van der Waals surface area (Å²) in [6.07, 6.45) is 0.370. The molecule has 0 N–H and O–H groups in total. The zero-order valence-corrected chi connectivity index (χ0v) is 15.3. The first-order valence-corrected chi connectivity index (χ1v) is 9.43. The fourth-order valence-corrected chi connectivity index (χ4v) is 3.58. The lowest BCUT2D eigenvalue weighted by molar-refractivity contribution is -0.385. The largest absolute Gasteiger partial charge is 0.483 e. The van der Waals surface area contributed by atoms with Crippen LogP contribution in [0.1, 0.15) is 11.1 Å². The maximum atomic E-state index is 12.4. The van der Waals surface area contributed by atoms with Gasteiger partial charge in [0.05, 0.1) is 15.4 Å². The van der Waals surface area contributed by atoms with Crippen LogP contribution in [-0.2, 0) is 20.7 Å². The molecule has 0 saturated heterocycles. The number of allylic oxidation sites excluding steroid dienone is 1. The van der Waals surface area contributed by atoms with Gasteiger partial charge in [-0.15, -0.1) is 6.58 Å². The first-order chi connectivity index (χ1) is 12.8. The van der Waals surface area contributed by atoms with E-state index in [1.807, 2.05) is 6.92 Å². The standard InChI is InChI=1S/C18H17NO7S/c1-3-4-14-15(19(20)21)9-10-16-18(14)25-17(11-24-16)26-27(22,23)13-7-5-12(2)6-8-13/h3,5-10,17H,1,4,11H2,2H3/t17-/m1/s1. The molecule has 0 bridgehead atoms. The van der Waals surface area contributed by atoms with Crippen molar-refractivity contribution in [3.8, 4) is 11.5 Å². The van der Waals surface area contributed by atoms with Gasteiger partial charge < -0.3 is 9.47 Å². The second-order valence-corrected chi connectivity index (χ2v) is 7.43. The molecule has 0 unspecified atom stereocenters. The molecule has 8 nitrogen and oxygen atoms in total. The monoisotopic (exact) mass is 391 g/mol. The molecule has 2 aromatic carbocycles. The highest BCUT2D eigenvalue weighted by molar-refractivity contribution is 7.86. The van der Waals surface area contributed by atoms with Gasteiger partial charge in [-0.25, -0.2) is 4.18 Å². The number of hydrogen-bond donors (Lipinski definition) is 0. The van der Waals surface area contributed by atoms with Gasteiger partial charge in [-0.3, -0.25) is 10.1 Å². The molecule has 0 aliphatic carbocycles. The molecule has 9 heteroatoms. The molecule has 142 valence electrons. The van der Waals surface area contributed by atoms with Crippen molar-refractivity contribution in [2.45, 2.75) is 24.5 Å². The van der Waals surface area contributed by atoms with Gasteiger partial charge in [-0.05, 0) is 25.1 Å². The molecule has 0 spiro atoms. The number of benzene rings is 2. The van der Waals surface area contributed by atoms with Crippen LogP contribution in [0.3, 0.4) is 0 Å². The summed E-state index contributed by atoms with van der Waals surface area (Å²) < 4.78 is 41.1. The van der Waals surface area contributed by atoms with Gasteiger partial charge in [0.25, 0.3) is 22.1 Å². The minimum atomic E-state index is -4.09. The van der Waals surface area contributed by atoms with E-state index in [0.29, 0.717) is 0 Å². The maximum Gasteiger partial charge on any atom is 0.300 e. The van der Waals surface area contributed by atoms with Crippen LogP contribution in [-0.4, -0.2) is 26.2 Å². The molecular formula is C18H17NO7S. The van der Waals surface area contributed by atoms with Crippen LogP contribution in [0.15, 0.2) is 53.9 Å². The van der Waals surface area contributed by atoms with Crippen molar-refractivity contribution in [1.29, 1.82) is 0 Å². The lowest BCUT2D eigenvalue weighted by atomic mass is 10.1. The number of nitro benzene ring substituents is 1. The van der Waals surface area contributed by atoms with E-state index in [-0.39, 0.29) is 40.7 Å². The summed E-state index contributed by atoms with van der Waals surface area (Å²) in [5.41, 5.74) is 0.981. The van der Waals surface area contributed by atoms with Gasteiger partial charge in [0.2, 0.25) is 0 Å². The third-order valence-electron chi connectivity index (χ3n) is 3.91.